The van der Waals surface area contributed by atoms with Crippen LogP contribution in [0.3, 0.4) is 0 Å². The van der Waals surface area contributed by atoms with E-state index in [0.29, 0.717) is 11.3 Å². The molecule has 1 aromatic rings. The first kappa shape index (κ1) is 11.3. The van der Waals surface area contributed by atoms with Crippen LogP contribution in [-0.4, -0.2) is 13.1 Å². The van der Waals surface area contributed by atoms with E-state index in [2.05, 4.69) is 37.4 Å². The van der Waals surface area contributed by atoms with Crippen LogP contribution in [0.25, 0.3) is 0 Å². The van der Waals surface area contributed by atoms with Gasteiger partial charge in [0.2, 0.25) is 0 Å². The predicted octanol–water partition coefficient (Wildman–Crippen LogP) is 3.38. The van der Waals surface area contributed by atoms with E-state index in [9.17, 15) is 0 Å². The van der Waals surface area contributed by atoms with Crippen molar-refractivity contribution >= 4 is 0 Å². The highest BCUT2D eigenvalue weighted by Gasteiger charge is 2.39. The standard InChI is InChI=1S/C16H23N/c1-12(2)13-3-4-15-14(11-13)5-6-16(15)7-9-17-10-8-16/h3-4,11-12,17H,5-10H2,1-2H3. The number of benzene rings is 1. The third-order valence-corrected chi connectivity index (χ3v) is 4.80. The van der Waals surface area contributed by atoms with Gasteiger partial charge in [0.25, 0.3) is 0 Å². The van der Waals surface area contributed by atoms with E-state index in [4.69, 9.17) is 0 Å². The Morgan fingerprint density at radius 2 is 1.88 bits per heavy atom. The molecule has 17 heavy (non-hydrogen) atoms. The van der Waals surface area contributed by atoms with E-state index in [-0.39, 0.29) is 0 Å². The monoisotopic (exact) mass is 229 g/mol. The quantitative estimate of drug-likeness (QED) is 0.778. The van der Waals surface area contributed by atoms with Gasteiger partial charge < -0.3 is 5.32 Å². The van der Waals surface area contributed by atoms with Gasteiger partial charge in [-0.2, -0.15) is 0 Å². The van der Waals surface area contributed by atoms with E-state index >= 15 is 0 Å². The second kappa shape index (κ2) is 4.13. The molecule has 1 N–H and O–H groups in total. The maximum absolute atomic E-state index is 3.50. The van der Waals surface area contributed by atoms with Gasteiger partial charge in [-0.3, -0.25) is 0 Å². The van der Waals surface area contributed by atoms with E-state index in [1.807, 2.05) is 0 Å². The zero-order valence-corrected chi connectivity index (χ0v) is 11.1. The molecular weight excluding hydrogens is 206 g/mol. The van der Waals surface area contributed by atoms with Crippen LogP contribution in [0.1, 0.15) is 55.7 Å². The maximum Gasteiger partial charge on any atom is -0.00170 e. The summed E-state index contributed by atoms with van der Waals surface area (Å²) in [6.07, 6.45) is 5.35. The maximum atomic E-state index is 3.50. The highest BCUT2D eigenvalue weighted by Crippen LogP contribution is 2.45. The van der Waals surface area contributed by atoms with Crippen LogP contribution in [0.15, 0.2) is 18.2 Å². The molecule has 1 fully saturated rings. The third kappa shape index (κ3) is 1.81. The summed E-state index contributed by atoms with van der Waals surface area (Å²) in [6.45, 7) is 6.98. The average molecular weight is 229 g/mol. The van der Waals surface area contributed by atoms with Gasteiger partial charge in [0.15, 0.2) is 0 Å². The summed E-state index contributed by atoms with van der Waals surface area (Å²) >= 11 is 0. The fourth-order valence-electron chi connectivity index (χ4n) is 3.63. The molecule has 1 heterocycles. The second-order valence-electron chi connectivity index (χ2n) is 6.10. The molecule has 1 aliphatic heterocycles. The Hall–Kier alpha value is -0.820. The van der Waals surface area contributed by atoms with Crippen molar-refractivity contribution in [2.75, 3.05) is 13.1 Å². The van der Waals surface area contributed by atoms with E-state index in [1.165, 1.54) is 44.3 Å². The number of aryl methyl sites for hydroxylation is 1. The summed E-state index contributed by atoms with van der Waals surface area (Å²) in [6, 6.07) is 7.26. The topological polar surface area (TPSA) is 12.0 Å². The SMILES string of the molecule is CC(C)c1ccc2c(c1)CCC21CCNCC1. The Morgan fingerprint density at radius 1 is 1.12 bits per heavy atom. The van der Waals surface area contributed by atoms with Gasteiger partial charge in [-0.15, -0.1) is 0 Å². The minimum absolute atomic E-state index is 0.524. The summed E-state index contributed by atoms with van der Waals surface area (Å²) in [7, 11) is 0. The van der Waals surface area contributed by atoms with E-state index in [0.717, 1.165) is 0 Å². The lowest BCUT2D eigenvalue weighted by Crippen LogP contribution is -2.38. The Balaban J connectivity index is 1.97. The summed E-state index contributed by atoms with van der Waals surface area (Å²) in [5.74, 6) is 0.657. The van der Waals surface area contributed by atoms with Crippen molar-refractivity contribution in [2.24, 2.45) is 0 Å². The van der Waals surface area contributed by atoms with Crippen molar-refractivity contribution in [1.29, 1.82) is 0 Å². The minimum atomic E-state index is 0.524. The van der Waals surface area contributed by atoms with Crippen molar-refractivity contribution < 1.29 is 0 Å². The number of rotatable bonds is 1. The van der Waals surface area contributed by atoms with Gasteiger partial charge in [0, 0.05) is 0 Å². The summed E-state index contributed by atoms with van der Waals surface area (Å²) in [4.78, 5) is 0. The van der Waals surface area contributed by atoms with E-state index < -0.39 is 0 Å². The fourth-order valence-corrected chi connectivity index (χ4v) is 3.63. The summed E-state index contributed by atoms with van der Waals surface area (Å²) < 4.78 is 0. The number of piperidine rings is 1. The van der Waals surface area contributed by atoms with Gasteiger partial charge >= 0.3 is 0 Å². The highest BCUT2D eigenvalue weighted by molar-refractivity contribution is 5.43. The van der Waals surface area contributed by atoms with Gasteiger partial charge in [0.05, 0.1) is 0 Å². The Morgan fingerprint density at radius 3 is 2.59 bits per heavy atom. The average Bonchev–Trinajstić information content (AvgIpc) is 2.69. The Bertz CT molecular complexity index is 414. The molecule has 2 aliphatic rings. The molecule has 0 aromatic heterocycles. The molecule has 0 radical (unpaired) electrons. The van der Waals surface area contributed by atoms with Gasteiger partial charge in [-0.05, 0) is 66.8 Å². The highest BCUT2D eigenvalue weighted by atomic mass is 14.9. The zero-order valence-electron chi connectivity index (χ0n) is 11.1. The molecule has 1 saturated heterocycles. The minimum Gasteiger partial charge on any atom is -0.317 e. The molecule has 92 valence electrons. The lowest BCUT2D eigenvalue weighted by molar-refractivity contribution is 0.306. The van der Waals surface area contributed by atoms with Crippen LogP contribution in [0, 0.1) is 0 Å². The molecule has 0 bridgehead atoms. The Labute approximate surface area is 105 Å². The molecule has 1 nitrogen and oxygen atoms in total. The molecule has 0 atom stereocenters. The number of nitrogens with one attached hydrogen (secondary N) is 1. The molecule has 1 aromatic carbocycles. The Kier molecular flexibility index (Phi) is 2.74. The first-order valence-corrected chi connectivity index (χ1v) is 7.05. The number of hydrogen-bond donors (Lipinski definition) is 1. The molecule has 0 amide bonds. The first-order valence-electron chi connectivity index (χ1n) is 7.05. The van der Waals surface area contributed by atoms with Crippen molar-refractivity contribution in [3.8, 4) is 0 Å². The predicted molar refractivity (Wildman–Crippen MR) is 72.6 cm³/mol. The fraction of sp³-hybridized carbons (Fsp3) is 0.625. The lowest BCUT2D eigenvalue weighted by atomic mass is 9.74. The molecule has 0 unspecified atom stereocenters. The van der Waals surface area contributed by atoms with Crippen molar-refractivity contribution in [2.45, 2.75) is 50.9 Å². The van der Waals surface area contributed by atoms with Crippen molar-refractivity contribution in [3.05, 3.63) is 34.9 Å². The van der Waals surface area contributed by atoms with Crippen molar-refractivity contribution in [3.63, 3.8) is 0 Å². The smallest absolute Gasteiger partial charge is 0.00170 e. The molecule has 0 saturated carbocycles. The molecule has 1 heteroatoms. The molecule has 1 spiro atoms. The van der Waals surface area contributed by atoms with Crippen LogP contribution < -0.4 is 5.32 Å². The van der Waals surface area contributed by atoms with E-state index in [1.54, 1.807) is 11.1 Å². The largest absolute Gasteiger partial charge is 0.317 e. The first-order chi connectivity index (χ1) is 8.21. The lowest BCUT2D eigenvalue weighted by Gasteiger charge is -2.35. The molecule has 3 rings (SSSR count). The third-order valence-electron chi connectivity index (χ3n) is 4.80. The van der Waals surface area contributed by atoms with Crippen LogP contribution in [0.4, 0.5) is 0 Å². The normalized spacial score (nSPS) is 22.1. The van der Waals surface area contributed by atoms with Crippen LogP contribution in [0.2, 0.25) is 0 Å². The van der Waals surface area contributed by atoms with Gasteiger partial charge in [0.1, 0.15) is 0 Å². The number of fused-ring (bicyclic) bond motifs is 2. The molecular formula is C16H23N. The van der Waals surface area contributed by atoms with Crippen LogP contribution in [0.5, 0.6) is 0 Å². The van der Waals surface area contributed by atoms with Gasteiger partial charge in [-0.25, -0.2) is 0 Å². The summed E-state index contributed by atoms with van der Waals surface area (Å²) in [5.41, 5.74) is 5.34. The zero-order chi connectivity index (χ0) is 11.9. The summed E-state index contributed by atoms with van der Waals surface area (Å²) in [5, 5.41) is 3.50. The van der Waals surface area contributed by atoms with Crippen molar-refractivity contribution in [1.82, 2.24) is 5.32 Å². The second-order valence-corrected chi connectivity index (χ2v) is 6.10. The van der Waals surface area contributed by atoms with Crippen LogP contribution in [-0.2, 0) is 11.8 Å². The molecule has 1 aliphatic carbocycles. The number of hydrogen-bond acceptors (Lipinski definition) is 1. The van der Waals surface area contributed by atoms with Crippen LogP contribution >= 0.6 is 0 Å². The van der Waals surface area contributed by atoms with Gasteiger partial charge in [-0.1, -0.05) is 32.0 Å².